The van der Waals surface area contributed by atoms with Gasteiger partial charge >= 0.3 is 0 Å². The lowest BCUT2D eigenvalue weighted by Gasteiger charge is -2.12. The van der Waals surface area contributed by atoms with Gasteiger partial charge in [0.15, 0.2) is 5.11 Å². The number of furan rings is 1. The number of rotatable bonds is 2. The van der Waals surface area contributed by atoms with Crippen molar-refractivity contribution < 1.29 is 4.42 Å². The van der Waals surface area contributed by atoms with E-state index in [1.807, 2.05) is 37.3 Å². The van der Waals surface area contributed by atoms with Crippen LogP contribution in [0.25, 0.3) is 11.0 Å². The van der Waals surface area contributed by atoms with Gasteiger partial charge in [0.25, 0.3) is 0 Å². The average molecular weight is 234 g/mol. The quantitative estimate of drug-likeness (QED) is 0.783. The monoisotopic (exact) mass is 234 g/mol. The zero-order chi connectivity index (χ0) is 11.5. The van der Waals surface area contributed by atoms with Crippen molar-refractivity contribution in [2.45, 2.75) is 13.0 Å². The van der Waals surface area contributed by atoms with Crippen LogP contribution in [-0.2, 0) is 0 Å². The van der Waals surface area contributed by atoms with Crippen LogP contribution in [0.4, 0.5) is 0 Å². The van der Waals surface area contributed by atoms with E-state index in [0.717, 1.165) is 16.7 Å². The Bertz CT molecular complexity index is 473. The number of benzene rings is 1. The molecule has 0 saturated heterocycles. The fourth-order valence-electron chi connectivity index (χ4n) is 1.56. The summed E-state index contributed by atoms with van der Waals surface area (Å²) in [4.78, 5) is 0. The van der Waals surface area contributed by atoms with E-state index in [1.54, 1.807) is 7.05 Å². The highest BCUT2D eigenvalue weighted by Gasteiger charge is 2.11. The summed E-state index contributed by atoms with van der Waals surface area (Å²) in [5, 5.41) is 7.74. The number of hydrogen-bond donors (Lipinski definition) is 2. The van der Waals surface area contributed by atoms with E-state index in [4.69, 9.17) is 16.6 Å². The molecule has 1 atom stereocenters. The van der Waals surface area contributed by atoms with Gasteiger partial charge in [-0.05, 0) is 31.3 Å². The first kappa shape index (κ1) is 11.0. The standard InChI is InChI=1S/C12H14N2OS/c1-8(14-12(16)13-2)11-7-9-5-3-4-6-10(9)15-11/h3-8H,1-2H3,(H2,13,14,16)/t8-/m1/s1. The normalized spacial score (nSPS) is 12.4. The number of thiocarbonyl (C=S) groups is 1. The summed E-state index contributed by atoms with van der Waals surface area (Å²) in [5.41, 5.74) is 0.904. The second-order valence-corrected chi connectivity index (χ2v) is 4.04. The number of nitrogens with one attached hydrogen (secondary N) is 2. The molecule has 1 aromatic carbocycles. The molecule has 0 amide bonds. The van der Waals surface area contributed by atoms with Gasteiger partial charge in [0.1, 0.15) is 11.3 Å². The predicted molar refractivity (Wildman–Crippen MR) is 69.4 cm³/mol. The second kappa shape index (κ2) is 4.53. The Morgan fingerprint density at radius 1 is 1.38 bits per heavy atom. The van der Waals surface area contributed by atoms with E-state index in [0.29, 0.717) is 5.11 Å². The Balaban J connectivity index is 2.23. The maximum absolute atomic E-state index is 5.73. The SMILES string of the molecule is CNC(=S)N[C@H](C)c1cc2ccccc2o1. The molecule has 0 bridgehead atoms. The maximum atomic E-state index is 5.73. The van der Waals surface area contributed by atoms with Gasteiger partial charge in [0, 0.05) is 12.4 Å². The topological polar surface area (TPSA) is 37.2 Å². The minimum atomic E-state index is 0.0624. The molecular weight excluding hydrogens is 220 g/mol. The number of para-hydroxylation sites is 1. The highest BCUT2D eigenvalue weighted by atomic mass is 32.1. The van der Waals surface area contributed by atoms with Gasteiger partial charge in [-0.3, -0.25) is 0 Å². The zero-order valence-electron chi connectivity index (χ0n) is 9.28. The highest BCUT2D eigenvalue weighted by Crippen LogP contribution is 2.23. The molecule has 1 aromatic heterocycles. The molecule has 4 heteroatoms. The Kier molecular flexibility index (Phi) is 3.10. The largest absolute Gasteiger partial charge is 0.459 e. The summed E-state index contributed by atoms with van der Waals surface area (Å²) >= 11 is 5.05. The minimum Gasteiger partial charge on any atom is -0.459 e. The van der Waals surface area contributed by atoms with Crippen molar-refractivity contribution in [2.75, 3.05) is 7.05 Å². The van der Waals surface area contributed by atoms with E-state index in [-0.39, 0.29) is 6.04 Å². The lowest BCUT2D eigenvalue weighted by molar-refractivity contribution is 0.491. The Hall–Kier alpha value is -1.55. The van der Waals surface area contributed by atoms with Gasteiger partial charge in [-0.25, -0.2) is 0 Å². The van der Waals surface area contributed by atoms with Gasteiger partial charge in [-0.15, -0.1) is 0 Å². The third-order valence-electron chi connectivity index (χ3n) is 2.45. The Labute approximate surface area is 99.8 Å². The Morgan fingerprint density at radius 3 is 2.81 bits per heavy atom. The van der Waals surface area contributed by atoms with Crippen LogP contribution < -0.4 is 10.6 Å². The van der Waals surface area contributed by atoms with Crippen molar-refractivity contribution in [3.05, 3.63) is 36.1 Å². The molecule has 0 spiro atoms. The van der Waals surface area contributed by atoms with Crippen molar-refractivity contribution in [2.24, 2.45) is 0 Å². The van der Waals surface area contributed by atoms with Crippen LogP contribution in [-0.4, -0.2) is 12.2 Å². The molecule has 2 rings (SSSR count). The summed E-state index contributed by atoms with van der Waals surface area (Å²) in [6.07, 6.45) is 0. The number of hydrogen-bond acceptors (Lipinski definition) is 2. The molecule has 0 saturated carbocycles. The molecular formula is C12H14N2OS. The van der Waals surface area contributed by atoms with E-state index < -0.39 is 0 Å². The van der Waals surface area contributed by atoms with Gasteiger partial charge < -0.3 is 15.1 Å². The van der Waals surface area contributed by atoms with Crippen LogP contribution in [0.3, 0.4) is 0 Å². The van der Waals surface area contributed by atoms with Crippen LogP contribution in [0.15, 0.2) is 34.7 Å². The molecule has 1 heterocycles. The third-order valence-corrected chi connectivity index (χ3v) is 2.77. The predicted octanol–water partition coefficient (Wildman–Crippen LogP) is 2.59. The van der Waals surface area contributed by atoms with Crippen molar-refractivity contribution in [3.8, 4) is 0 Å². The van der Waals surface area contributed by atoms with E-state index in [9.17, 15) is 0 Å². The molecule has 0 aliphatic heterocycles. The van der Waals surface area contributed by atoms with Crippen molar-refractivity contribution in [1.82, 2.24) is 10.6 Å². The number of fused-ring (bicyclic) bond motifs is 1. The van der Waals surface area contributed by atoms with E-state index >= 15 is 0 Å². The second-order valence-electron chi connectivity index (χ2n) is 3.63. The lowest BCUT2D eigenvalue weighted by Crippen LogP contribution is -2.34. The van der Waals surface area contributed by atoms with E-state index in [1.165, 1.54) is 0 Å². The molecule has 0 radical (unpaired) electrons. The van der Waals surface area contributed by atoms with Gasteiger partial charge in [0.05, 0.1) is 6.04 Å². The molecule has 0 fully saturated rings. The summed E-state index contributed by atoms with van der Waals surface area (Å²) in [6.45, 7) is 2.02. The molecule has 16 heavy (non-hydrogen) atoms. The van der Waals surface area contributed by atoms with Crippen molar-refractivity contribution in [1.29, 1.82) is 0 Å². The van der Waals surface area contributed by atoms with Crippen molar-refractivity contribution >= 4 is 28.3 Å². The summed E-state index contributed by atoms with van der Waals surface area (Å²) < 4.78 is 5.73. The first-order chi connectivity index (χ1) is 7.70. The smallest absolute Gasteiger partial charge is 0.166 e. The molecule has 3 nitrogen and oxygen atoms in total. The molecule has 84 valence electrons. The minimum absolute atomic E-state index is 0.0624. The summed E-state index contributed by atoms with van der Waals surface area (Å²) in [6, 6.07) is 10.1. The zero-order valence-corrected chi connectivity index (χ0v) is 10.1. The highest BCUT2D eigenvalue weighted by molar-refractivity contribution is 7.80. The van der Waals surface area contributed by atoms with Crippen LogP contribution >= 0.6 is 12.2 Å². The average Bonchev–Trinajstić information content (AvgIpc) is 2.72. The molecule has 2 N–H and O–H groups in total. The van der Waals surface area contributed by atoms with Crippen LogP contribution in [0.1, 0.15) is 18.7 Å². The molecule has 0 unspecified atom stereocenters. The fraction of sp³-hybridized carbons (Fsp3) is 0.250. The van der Waals surface area contributed by atoms with Crippen LogP contribution in [0.5, 0.6) is 0 Å². The molecule has 0 aliphatic carbocycles. The van der Waals surface area contributed by atoms with E-state index in [2.05, 4.69) is 10.6 Å². The van der Waals surface area contributed by atoms with Crippen LogP contribution in [0.2, 0.25) is 0 Å². The maximum Gasteiger partial charge on any atom is 0.166 e. The molecule has 0 aliphatic rings. The van der Waals surface area contributed by atoms with Gasteiger partial charge in [-0.2, -0.15) is 0 Å². The molecule has 2 aromatic rings. The van der Waals surface area contributed by atoms with Gasteiger partial charge in [-0.1, -0.05) is 18.2 Å². The summed E-state index contributed by atoms with van der Waals surface area (Å²) in [5.74, 6) is 0.888. The lowest BCUT2D eigenvalue weighted by atomic mass is 10.2. The van der Waals surface area contributed by atoms with Crippen LogP contribution in [0, 0.1) is 0 Å². The van der Waals surface area contributed by atoms with Gasteiger partial charge in [0.2, 0.25) is 0 Å². The third kappa shape index (κ3) is 2.17. The summed E-state index contributed by atoms with van der Waals surface area (Å²) in [7, 11) is 1.79. The fourth-order valence-corrected chi connectivity index (χ4v) is 1.73. The Morgan fingerprint density at radius 2 is 2.12 bits per heavy atom. The first-order valence-corrected chi connectivity index (χ1v) is 5.58. The van der Waals surface area contributed by atoms with Crippen molar-refractivity contribution in [3.63, 3.8) is 0 Å². The first-order valence-electron chi connectivity index (χ1n) is 5.17.